The molecule has 0 atom stereocenters. The largest absolute Gasteiger partial charge is 0.394 e. The molecule has 0 aliphatic carbocycles. The molecule has 0 fully saturated rings. The Morgan fingerprint density at radius 3 is 2.56 bits per heavy atom. The van der Waals surface area contributed by atoms with Crippen molar-refractivity contribution in [2.45, 2.75) is 26.4 Å². The molecule has 6 heteroatoms. The van der Waals surface area contributed by atoms with Gasteiger partial charge in [-0.15, -0.1) is 0 Å². The summed E-state index contributed by atoms with van der Waals surface area (Å²) in [6, 6.07) is 10.5. The van der Waals surface area contributed by atoms with Gasteiger partial charge in [0.1, 0.15) is 11.6 Å². The third-order valence-corrected chi connectivity index (χ3v) is 4.37. The summed E-state index contributed by atoms with van der Waals surface area (Å²) in [6.07, 6.45) is 0. The molecule has 0 spiro atoms. The Morgan fingerprint density at radius 2 is 1.88 bits per heavy atom. The van der Waals surface area contributed by atoms with Crippen LogP contribution in [0.15, 0.2) is 36.4 Å². The van der Waals surface area contributed by atoms with Gasteiger partial charge in [-0.3, -0.25) is 0 Å². The molecule has 2 aromatic carbocycles. The van der Waals surface area contributed by atoms with Crippen LogP contribution in [0, 0.1) is 19.7 Å². The first-order valence-electron chi connectivity index (χ1n) is 8.22. The van der Waals surface area contributed by atoms with Crippen molar-refractivity contribution in [1.82, 2.24) is 9.55 Å². The van der Waals surface area contributed by atoms with Gasteiger partial charge in [0.05, 0.1) is 30.3 Å². The number of aliphatic hydroxyl groups excluding tert-OH is 2. The summed E-state index contributed by atoms with van der Waals surface area (Å²) in [5.41, 5.74) is 4.20. The molecule has 132 valence electrons. The number of aromatic nitrogens is 2. The maximum atomic E-state index is 13.3. The molecule has 0 saturated carbocycles. The summed E-state index contributed by atoms with van der Waals surface area (Å²) in [6.45, 7) is 3.90. The Labute approximate surface area is 145 Å². The van der Waals surface area contributed by atoms with Crippen LogP contribution in [0.2, 0.25) is 0 Å². The van der Waals surface area contributed by atoms with E-state index in [2.05, 4.69) is 10.3 Å². The quantitative estimate of drug-likeness (QED) is 0.644. The number of hydrogen-bond donors (Lipinski definition) is 3. The topological polar surface area (TPSA) is 70.3 Å². The highest BCUT2D eigenvalue weighted by Gasteiger charge is 2.16. The number of rotatable bonds is 6. The van der Waals surface area contributed by atoms with Crippen molar-refractivity contribution in [2.24, 2.45) is 0 Å². The monoisotopic (exact) mass is 343 g/mol. The number of nitrogens with zero attached hydrogens (tertiary/aromatic N) is 2. The molecule has 3 N–H and O–H groups in total. The van der Waals surface area contributed by atoms with Gasteiger partial charge >= 0.3 is 0 Å². The lowest BCUT2D eigenvalue weighted by molar-refractivity contribution is 0.155. The molecule has 25 heavy (non-hydrogen) atoms. The number of aryl methyl sites for hydroxylation is 2. The van der Waals surface area contributed by atoms with E-state index in [1.165, 1.54) is 6.07 Å². The van der Waals surface area contributed by atoms with Crippen molar-refractivity contribution in [3.8, 4) is 0 Å². The standard InChI is InChI=1S/C19H22FN3O2/c1-12-7-14(3-5-17(12)20)9-21-15-4-6-19-18(8-15)22-13(2)23(19)16(10-24)11-25/h3-8,16,21,24-25H,9-11H2,1-2H3. The minimum atomic E-state index is -0.397. The van der Waals surface area contributed by atoms with E-state index in [0.29, 0.717) is 12.1 Å². The Morgan fingerprint density at radius 1 is 1.12 bits per heavy atom. The normalized spacial score (nSPS) is 11.4. The number of aliphatic hydroxyl groups is 2. The lowest BCUT2D eigenvalue weighted by Gasteiger charge is -2.16. The molecule has 1 aromatic heterocycles. The average Bonchev–Trinajstić information content (AvgIpc) is 2.93. The highest BCUT2D eigenvalue weighted by molar-refractivity contribution is 5.80. The Bertz CT molecular complexity index is 888. The van der Waals surface area contributed by atoms with Crippen LogP contribution in [0.1, 0.15) is 23.0 Å². The SMILES string of the molecule is Cc1cc(CNc2ccc3c(c2)nc(C)n3C(CO)CO)ccc1F. The predicted octanol–water partition coefficient (Wildman–Crippen LogP) is 2.93. The Balaban J connectivity index is 1.83. The van der Waals surface area contributed by atoms with Crippen molar-refractivity contribution in [3.63, 3.8) is 0 Å². The number of nitrogens with one attached hydrogen (secondary N) is 1. The van der Waals surface area contributed by atoms with E-state index >= 15 is 0 Å². The highest BCUT2D eigenvalue weighted by Crippen LogP contribution is 2.24. The molecule has 1 heterocycles. The van der Waals surface area contributed by atoms with Gasteiger partial charge < -0.3 is 20.1 Å². The summed E-state index contributed by atoms with van der Waals surface area (Å²) >= 11 is 0. The maximum Gasteiger partial charge on any atom is 0.126 e. The maximum absolute atomic E-state index is 13.3. The van der Waals surface area contributed by atoms with E-state index in [0.717, 1.165) is 28.1 Å². The second kappa shape index (κ2) is 7.21. The smallest absolute Gasteiger partial charge is 0.126 e. The van der Waals surface area contributed by atoms with Crippen LogP contribution in [0.3, 0.4) is 0 Å². The zero-order chi connectivity index (χ0) is 18.0. The molecular weight excluding hydrogens is 321 g/mol. The number of hydrogen-bond acceptors (Lipinski definition) is 4. The molecule has 0 radical (unpaired) electrons. The lowest BCUT2D eigenvalue weighted by Crippen LogP contribution is -2.18. The predicted molar refractivity (Wildman–Crippen MR) is 96.1 cm³/mol. The van der Waals surface area contributed by atoms with E-state index in [-0.39, 0.29) is 19.0 Å². The van der Waals surface area contributed by atoms with Crippen molar-refractivity contribution in [1.29, 1.82) is 0 Å². The van der Waals surface area contributed by atoms with Gasteiger partial charge in [-0.1, -0.05) is 12.1 Å². The Kier molecular flexibility index (Phi) is 5.01. The summed E-state index contributed by atoms with van der Waals surface area (Å²) in [7, 11) is 0. The lowest BCUT2D eigenvalue weighted by atomic mass is 10.1. The van der Waals surface area contributed by atoms with Crippen molar-refractivity contribution < 1.29 is 14.6 Å². The average molecular weight is 343 g/mol. The van der Waals surface area contributed by atoms with Gasteiger partial charge in [-0.05, 0) is 49.2 Å². The zero-order valence-electron chi connectivity index (χ0n) is 14.3. The highest BCUT2D eigenvalue weighted by atomic mass is 19.1. The number of fused-ring (bicyclic) bond motifs is 1. The van der Waals surface area contributed by atoms with E-state index in [9.17, 15) is 14.6 Å². The first-order valence-corrected chi connectivity index (χ1v) is 8.22. The number of imidazole rings is 1. The fraction of sp³-hybridized carbons (Fsp3) is 0.316. The number of benzene rings is 2. The van der Waals surface area contributed by atoms with E-state index in [4.69, 9.17) is 0 Å². The number of halogens is 1. The zero-order valence-corrected chi connectivity index (χ0v) is 14.3. The fourth-order valence-corrected chi connectivity index (χ4v) is 3.03. The second-order valence-corrected chi connectivity index (χ2v) is 6.19. The molecular formula is C19H22FN3O2. The van der Waals surface area contributed by atoms with Crippen LogP contribution in [0.5, 0.6) is 0 Å². The first kappa shape index (κ1) is 17.4. The summed E-state index contributed by atoms with van der Waals surface area (Å²) < 4.78 is 15.2. The van der Waals surface area contributed by atoms with Crippen LogP contribution in [0.4, 0.5) is 10.1 Å². The summed E-state index contributed by atoms with van der Waals surface area (Å²) in [5, 5.41) is 22.2. The molecule has 3 rings (SSSR count). The molecule has 0 amide bonds. The minimum Gasteiger partial charge on any atom is -0.394 e. The van der Waals surface area contributed by atoms with E-state index in [1.807, 2.05) is 35.8 Å². The third-order valence-electron chi connectivity index (χ3n) is 4.37. The van der Waals surface area contributed by atoms with Gasteiger partial charge in [0.15, 0.2) is 0 Å². The Hall–Kier alpha value is -2.44. The molecule has 3 aromatic rings. The van der Waals surface area contributed by atoms with Crippen LogP contribution in [-0.4, -0.2) is 33.0 Å². The molecule has 0 bridgehead atoms. The van der Waals surface area contributed by atoms with Gasteiger partial charge in [0.2, 0.25) is 0 Å². The molecule has 5 nitrogen and oxygen atoms in total. The van der Waals surface area contributed by atoms with Crippen molar-refractivity contribution in [2.75, 3.05) is 18.5 Å². The van der Waals surface area contributed by atoms with Crippen LogP contribution in [0.25, 0.3) is 11.0 Å². The molecule has 0 unspecified atom stereocenters. The summed E-state index contributed by atoms with van der Waals surface area (Å²) in [4.78, 5) is 4.52. The fourth-order valence-electron chi connectivity index (χ4n) is 3.03. The number of anilines is 1. The van der Waals surface area contributed by atoms with Crippen LogP contribution >= 0.6 is 0 Å². The minimum absolute atomic E-state index is 0.146. The summed E-state index contributed by atoms with van der Waals surface area (Å²) in [5.74, 6) is 0.544. The third kappa shape index (κ3) is 3.50. The van der Waals surface area contributed by atoms with Crippen molar-refractivity contribution >= 4 is 16.7 Å². The molecule has 0 aliphatic rings. The van der Waals surface area contributed by atoms with Gasteiger partial charge in [0, 0.05) is 12.2 Å². The second-order valence-electron chi connectivity index (χ2n) is 6.19. The van der Waals surface area contributed by atoms with E-state index in [1.54, 1.807) is 13.0 Å². The van der Waals surface area contributed by atoms with Gasteiger partial charge in [-0.25, -0.2) is 9.37 Å². The van der Waals surface area contributed by atoms with E-state index < -0.39 is 6.04 Å². The van der Waals surface area contributed by atoms with Gasteiger partial charge in [-0.2, -0.15) is 0 Å². The molecule has 0 saturated heterocycles. The first-order chi connectivity index (χ1) is 12.0. The van der Waals surface area contributed by atoms with Crippen molar-refractivity contribution in [3.05, 3.63) is 59.2 Å². The van der Waals surface area contributed by atoms with Crippen LogP contribution in [-0.2, 0) is 6.54 Å². The van der Waals surface area contributed by atoms with Gasteiger partial charge in [0.25, 0.3) is 0 Å². The molecule has 0 aliphatic heterocycles. The van der Waals surface area contributed by atoms with Crippen LogP contribution < -0.4 is 5.32 Å².